The van der Waals surface area contributed by atoms with Crippen LogP contribution in [-0.4, -0.2) is 18.6 Å². The van der Waals surface area contributed by atoms with E-state index in [9.17, 15) is 8.42 Å². The first-order chi connectivity index (χ1) is 9.78. The molecule has 0 bridgehead atoms. The van der Waals surface area contributed by atoms with Crippen LogP contribution < -0.4 is 10.5 Å². The Bertz CT molecular complexity index is 738. The van der Waals surface area contributed by atoms with Crippen molar-refractivity contribution in [1.29, 1.82) is 0 Å². The van der Waals surface area contributed by atoms with Gasteiger partial charge in [0.05, 0.1) is 4.90 Å². The van der Waals surface area contributed by atoms with E-state index in [1.165, 1.54) is 23.5 Å². The second-order valence-corrected chi connectivity index (χ2v) is 7.97. The van der Waals surface area contributed by atoms with E-state index in [4.69, 9.17) is 5.73 Å². The molecule has 0 atom stereocenters. The Morgan fingerprint density at radius 2 is 2.05 bits per heavy atom. The molecule has 2 rings (SSSR count). The molecule has 0 fully saturated rings. The van der Waals surface area contributed by atoms with Crippen molar-refractivity contribution in [3.63, 3.8) is 0 Å². The van der Waals surface area contributed by atoms with Crippen LogP contribution in [0.3, 0.4) is 0 Å². The fourth-order valence-electron chi connectivity index (χ4n) is 1.72. The van der Waals surface area contributed by atoms with Crippen LogP contribution in [0.5, 0.6) is 0 Å². The molecule has 0 amide bonds. The first-order valence-corrected chi connectivity index (χ1v) is 8.79. The topological polar surface area (TPSA) is 98.0 Å². The van der Waals surface area contributed by atoms with Gasteiger partial charge in [0.1, 0.15) is 5.01 Å². The average molecular weight is 326 g/mol. The molecule has 6 nitrogen and oxygen atoms in total. The van der Waals surface area contributed by atoms with Crippen molar-refractivity contribution in [3.05, 3.63) is 28.8 Å². The molecular weight excluding hydrogens is 308 g/mol. The van der Waals surface area contributed by atoms with Gasteiger partial charge in [0, 0.05) is 12.1 Å². The second-order valence-electron chi connectivity index (χ2n) is 5.22. The summed E-state index contributed by atoms with van der Waals surface area (Å²) in [5.74, 6) is 0.446. The Kier molecular flexibility index (Phi) is 4.48. The molecular formula is C13H18N4O2S2. The van der Waals surface area contributed by atoms with Crippen LogP contribution in [0, 0.1) is 12.8 Å². The number of aromatic nitrogens is 2. The van der Waals surface area contributed by atoms with Crippen molar-refractivity contribution in [2.24, 2.45) is 5.92 Å². The number of sulfonamides is 1. The fraction of sp³-hybridized carbons (Fsp3) is 0.385. The highest BCUT2D eigenvalue weighted by molar-refractivity contribution is 7.93. The minimum atomic E-state index is -3.67. The van der Waals surface area contributed by atoms with Gasteiger partial charge < -0.3 is 5.73 Å². The summed E-state index contributed by atoms with van der Waals surface area (Å²) in [5, 5.41) is 8.95. The van der Waals surface area contributed by atoms with Crippen LogP contribution in [-0.2, 0) is 16.4 Å². The molecule has 3 N–H and O–H groups in total. The van der Waals surface area contributed by atoms with E-state index >= 15 is 0 Å². The lowest BCUT2D eigenvalue weighted by atomic mass is 10.1. The number of nitrogens with two attached hydrogens (primary N) is 1. The van der Waals surface area contributed by atoms with Crippen LogP contribution >= 0.6 is 11.3 Å². The van der Waals surface area contributed by atoms with Gasteiger partial charge in [-0.15, -0.1) is 10.2 Å². The molecule has 0 radical (unpaired) electrons. The van der Waals surface area contributed by atoms with Crippen LogP contribution in [0.4, 0.5) is 10.8 Å². The Labute approximate surface area is 128 Å². The molecule has 0 aliphatic rings. The number of benzene rings is 1. The lowest BCUT2D eigenvalue weighted by Crippen LogP contribution is -2.13. The fourth-order valence-corrected chi connectivity index (χ4v) is 3.98. The van der Waals surface area contributed by atoms with E-state index in [-0.39, 0.29) is 10.0 Å². The minimum Gasteiger partial charge on any atom is -0.399 e. The van der Waals surface area contributed by atoms with Crippen LogP contribution in [0.2, 0.25) is 0 Å². The Balaban J connectivity index is 2.20. The summed E-state index contributed by atoms with van der Waals surface area (Å²) in [6.07, 6.45) is 0.778. The number of rotatable bonds is 5. The van der Waals surface area contributed by atoms with Gasteiger partial charge in [-0.25, -0.2) is 8.42 Å². The van der Waals surface area contributed by atoms with E-state index in [0.29, 0.717) is 11.6 Å². The molecule has 0 aliphatic heterocycles. The standard InChI is InChI=1S/C13H18N4O2S2/c1-8(2)6-12-15-16-13(20-12)17-21(18,19)10-4-5-11(14)9(3)7-10/h4-5,7-8H,6,14H2,1-3H3,(H,16,17). The molecule has 8 heteroatoms. The van der Waals surface area contributed by atoms with Crippen molar-refractivity contribution in [2.45, 2.75) is 32.1 Å². The van der Waals surface area contributed by atoms with E-state index in [2.05, 4.69) is 28.8 Å². The van der Waals surface area contributed by atoms with Gasteiger partial charge in [-0.2, -0.15) is 0 Å². The molecule has 0 aliphatic carbocycles. The van der Waals surface area contributed by atoms with Crippen molar-refractivity contribution in [1.82, 2.24) is 10.2 Å². The molecule has 2 aromatic rings. The smallest absolute Gasteiger partial charge is 0.263 e. The molecule has 0 saturated carbocycles. The van der Waals surface area contributed by atoms with Crippen molar-refractivity contribution in [2.75, 3.05) is 10.5 Å². The van der Waals surface area contributed by atoms with Crippen molar-refractivity contribution in [3.8, 4) is 0 Å². The maximum Gasteiger partial charge on any atom is 0.263 e. The first-order valence-electron chi connectivity index (χ1n) is 6.49. The molecule has 0 spiro atoms. The van der Waals surface area contributed by atoms with Gasteiger partial charge in [-0.1, -0.05) is 25.2 Å². The van der Waals surface area contributed by atoms with E-state index in [1.54, 1.807) is 13.0 Å². The molecule has 114 valence electrons. The number of aryl methyl sites for hydroxylation is 1. The van der Waals surface area contributed by atoms with Crippen molar-refractivity contribution < 1.29 is 8.42 Å². The minimum absolute atomic E-state index is 0.162. The maximum atomic E-state index is 12.3. The monoisotopic (exact) mass is 326 g/mol. The quantitative estimate of drug-likeness (QED) is 0.822. The van der Waals surface area contributed by atoms with Crippen LogP contribution in [0.25, 0.3) is 0 Å². The Morgan fingerprint density at radius 1 is 1.33 bits per heavy atom. The lowest BCUT2D eigenvalue weighted by Gasteiger charge is -2.07. The summed E-state index contributed by atoms with van der Waals surface area (Å²) >= 11 is 1.25. The predicted octanol–water partition coefficient (Wildman–Crippen LogP) is 2.43. The van der Waals surface area contributed by atoms with Gasteiger partial charge >= 0.3 is 0 Å². The third kappa shape index (κ3) is 3.92. The number of hydrogen-bond donors (Lipinski definition) is 2. The molecule has 0 unspecified atom stereocenters. The van der Waals surface area contributed by atoms with Gasteiger partial charge in [0.15, 0.2) is 0 Å². The SMILES string of the molecule is Cc1cc(S(=O)(=O)Nc2nnc(CC(C)C)s2)ccc1N. The summed E-state index contributed by atoms with van der Waals surface area (Å²) in [7, 11) is -3.67. The van der Waals surface area contributed by atoms with Gasteiger partial charge in [-0.3, -0.25) is 4.72 Å². The highest BCUT2D eigenvalue weighted by Crippen LogP contribution is 2.23. The highest BCUT2D eigenvalue weighted by atomic mass is 32.2. The summed E-state index contributed by atoms with van der Waals surface area (Å²) < 4.78 is 27.0. The lowest BCUT2D eigenvalue weighted by molar-refractivity contribution is 0.601. The number of nitrogens with zero attached hydrogens (tertiary/aromatic N) is 2. The second kappa shape index (κ2) is 5.98. The average Bonchev–Trinajstić information content (AvgIpc) is 2.78. The number of nitrogen functional groups attached to an aromatic ring is 1. The Morgan fingerprint density at radius 3 is 2.67 bits per heavy atom. The van der Waals surface area contributed by atoms with Crippen molar-refractivity contribution >= 4 is 32.2 Å². The van der Waals surface area contributed by atoms with E-state index in [1.807, 2.05) is 0 Å². The van der Waals surface area contributed by atoms with E-state index in [0.717, 1.165) is 17.0 Å². The number of anilines is 2. The molecule has 0 saturated heterocycles. The zero-order valence-corrected chi connectivity index (χ0v) is 13.8. The summed E-state index contributed by atoms with van der Waals surface area (Å²) in [5.41, 5.74) is 6.98. The summed E-state index contributed by atoms with van der Waals surface area (Å²) in [6.45, 7) is 5.91. The molecule has 1 heterocycles. The highest BCUT2D eigenvalue weighted by Gasteiger charge is 2.17. The van der Waals surface area contributed by atoms with Crippen LogP contribution in [0.1, 0.15) is 24.4 Å². The predicted molar refractivity (Wildman–Crippen MR) is 84.9 cm³/mol. The maximum absolute atomic E-state index is 12.3. The van der Waals surface area contributed by atoms with Crippen LogP contribution in [0.15, 0.2) is 23.1 Å². The van der Waals surface area contributed by atoms with Gasteiger partial charge in [-0.05, 0) is 36.6 Å². The number of nitrogens with one attached hydrogen (secondary N) is 1. The molecule has 21 heavy (non-hydrogen) atoms. The molecule has 1 aromatic heterocycles. The van der Waals surface area contributed by atoms with Gasteiger partial charge in [0.25, 0.3) is 10.0 Å². The summed E-state index contributed by atoms with van der Waals surface area (Å²) in [6, 6.07) is 4.59. The molecule has 1 aromatic carbocycles. The first kappa shape index (κ1) is 15.7. The number of hydrogen-bond acceptors (Lipinski definition) is 6. The zero-order chi connectivity index (χ0) is 15.6. The Hall–Kier alpha value is -1.67. The normalized spacial score (nSPS) is 11.8. The summed E-state index contributed by atoms with van der Waals surface area (Å²) in [4.78, 5) is 0.162. The third-order valence-electron chi connectivity index (χ3n) is 2.82. The third-order valence-corrected chi connectivity index (χ3v) is 5.15. The van der Waals surface area contributed by atoms with E-state index < -0.39 is 10.0 Å². The van der Waals surface area contributed by atoms with Gasteiger partial charge in [0.2, 0.25) is 5.13 Å². The largest absolute Gasteiger partial charge is 0.399 e. The zero-order valence-electron chi connectivity index (χ0n) is 12.1.